The summed E-state index contributed by atoms with van der Waals surface area (Å²) in [5, 5.41) is 1.90. The summed E-state index contributed by atoms with van der Waals surface area (Å²) in [4.78, 5) is 3.77. The molecule has 0 spiro atoms. The van der Waals surface area contributed by atoms with Crippen molar-refractivity contribution >= 4 is 26.2 Å². The summed E-state index contributed by atoms with van der Waals surface area (Å²) < 4.78 is 0. The summed E-state index contributed by atoms with van der Waals surface area (Å²) in [6.45, 7) is 0. The standard InChI is InChI=1S/C3H3NS2/c5-6-2-1-4-3-6/h1-3H. The summed E-state index contributed by atoms with van der Waals surface area (Å²) in [7, 11) is -0.0617. The fourth-order valence-corrected chi connectivity index (χ4v) is 0.974. The molecule has 0 fully saturated rings. The minimum Gasteiger partial charge on any atom is -0.257 e. The highest BCUT2D eigenvalue weighted by Gasteiger charge is 1.82. The summed E-state index contributed by atoms with van der Waals surface area (Å²) in [5.74, 6) is 0. The number of aliphatic imine (C=N–C) groups is 1. The van der Waals surface area contributed by atoms with Crippen molar-refractivity contribution in [3.8, 4) is 0 Å². The topological polar surface area (TPSA) is 12.4 Å². The highest BCUT2D eigenvalue weighted by atomic mass is 32.8. The van der Waals surface area contributed by atoms with Crippen LogP contribution in [0.1, 0.15) is 0 Å². The van der Waals surface area contributed by atoms with Crippen molar-refractivity contribution in [3.63, 3.8) is 0 Å². The van der Waals surface area contributed by atoms with Crippen molar-refractivity contribution in [3.05, 3.63) is 11.6 Å². The van der Waals surface area contributed by atoms with Gasteiger partial charge in [0.05, 0.1) is 5.55 Å². The Kier molecular flexibility index (Phi) is 1.12. The van der Waals surface area contributed by atoms with Crippen LogP contribution in [0.4, 0.5) is 0 Å². The van der Waals surface area contributed by atoms with Gasteiger partial charge in [-0.3, -0.25) is 4.99 Å². The Hall–Kier alpha value is -0.0200. The summed E-state index contributed by atoms with van der Waals surface area (Å²) >= 11 is 4.79. The fourth-order valence-electron chi connectivity index (χ4n) is 0.225. The maximum Gasteiger partial charge on any atom is 0.0681 e. The number of hydrogen-bond acceptors (Lipinski definition) is 2. The van der Waals surface area contributed by atoms with Gasteiger partial charge in [0.1, 0.15) is 0 Å². The molecule has 1 aliphatic heterocycles. The van der Waals surface area contributed by atoms with Crippen LogP contribution in [0.5, 0.6) is 0 Å². The first-order chi connectivity index (χ1) is 2.89. The number of rotatable bonds is 0. The predicted molar refractivity (Wildman–Crippen MR) is 32.4 cm³/mol. The monoisotopic (exact) mass is 117 g/mol. The van der Waals surface area contributed by atoms with Crippen molar-refractivity contribution < 1.29 is 0 Å². The molecule has 3 heteroatoms. The van der Waals surface area contributed by atoms with Crippen molar-refractivity contribution in [2.45, 2.75) is 0 Å². The zero-order valence-electron chi connectivity index (χ0n) is 3.00. The Balaban J connectivity index is 2.86. The van der Waals surface area contributed by atoms with Crippen LogP contribution >= 0.6 is 0 Å². The third kappa shape index (κ3) is 0.725. The molecule has 6 heavy (non-hydrogen) atoms. The molecule has 0 saturated heterocycles. The second-order valence-electron chi connectivity index (χ2n) is 0.868. The first-order valence-corrected chi connectivity index (χ1v) is 3.76. The lowest BCUT2D eigenvalue weighted by Gasteiger charge is -1.68. The van der Waals surface area contributed by atoms with E-state index in [1.54, 1.807) is 11.7 Å². The van der Waals surface area contributed by atoms with Gasteiger partial charge in [0, 0.05) is 6.20 Å². The fraction of sp³-hybridized carbons (Fsp3) is 0. The van der Waals surface area contributed by atoms with E-state index < -0.39 is 0 Å². The maximum atomic E-state index is 4.79. The van der Waals surface area contributed by atoms with Crippen LogP contribution in [-0.2, 0) is 20.6 Å². The van der Waals surface area contributed by atoms with Crippen LogP contribution in [0, 0.1) is 0 Å². The van der Waals surface area contributed by atoms with Gasteiger partial charge in [-0.2, -0.15) is 0 Å². The molecule has 1 nitrogen and oxygen atoms in total. The summed E-state index contributed by atoms with van der Waals surface area (Å²) in [6.07, 6.45) is 1.73. The van der Waals surface area contributed by atoms with E-state index in [4.69, 9.17) is 11.2 Å². The van der Waals surface area contributed by atoms with E-state index in [2.05, 4.69) is 4.99 Å². The Morgan fingerprint density at radius 1 is 1.67 bits per heavy atom. The van der Waals surface area contributed by atoms with Gasteiger partial charge in [0.2, 0.25) is 0 Å². The molecule has 0 aromatic carbocycles. The van der Waals surface area contributed by atoms with Gasteiger partial charge >= 0.3 is 0 Å². The molecule has 0 radical (unpaired) electrons. The average Bonchev–Trinajstić information content (AvgIpc) is 1.86. The molecule has 0 aromatic rings. The minimum absolute atomic E-state index is 0.0617. The van der Waals surface area contributed by atoms with Crippen LogP contribution in [0.15, 0.2) is 16.6 Å². The van der Waals surface area contributed by atoms with Gasteiger partial charge in [-0.25, -0.2) is 0 Å². The molecule has 1 aliphatic rings. The minimum atomic E-state index is -0.0617. The average molecular weight is 117 g/mol. The van der Waals surface area contributed by atoms with Gasteiger partial charge < -0.3 is 0 Å². The molecule has 1 heterocycles. The van der Waals surface area contributed by atoms with E-state index in [1.165, 1.54) is 0 Å². The highest BCUT2D eigenvalue weighted by Crippen LogP contribution is 1.89. The zero-order valence-corrected chi connectivity index (χ0v) is 4.63. The molecule has 0 aliphatic carbocycles. The maximum absolute atomic E-state index is 4.79. The molecule has 0 bridgehead atoms. The Labute approximate surface area is 43.4 Å². The third-order valence-corrected chi connectivity index (χ3v) is 1.76. The van der Waals surface area contributed by atoms with Crippen molar-refractivity contribution in [2.24, 2.45) is 4.99 Å². The molecule has 1 rings (SSSR count). The first kappa shape index (κ1) is 4.15. The van der Waals surface area contributed by atoms with E-state index >= 15 is 0 Å². The van der Waals surface area contributed by atoms with Gasteiger partial charge in [-0.15, -0.1) is 0 Å². The number of hydrogen-bond donors (Lipinski definition) is 0. The lowest BCUT2D eigenvalue weighted by molar-refractivity contribution is 1.65. The molecule has 0 aromatic heterocycles. The second kappa shape index (κ2) is 1.62. The first-order valence-electron chi connectivity index (χ1n) is 1.49. The normalized spacial score (nSPS) is 29.0. The largest absolute Gasteiger partial charge is 0.257 e. The predicted octanol–water partition coefficient (Wildman–Crippen LogP) is 0.580. The van der Waals surface area contributed by atoms with Crippen molar-refractivity contribution in [1.29, 1.82) is 0 Å². The van der Waals surface area contributed by atoms with E-state index in [1.807, 2.05) is 5.41 Å². The lowest BCUT2D eigenvalue weighted by atomic mass is 11.1. The SMILES string of the molecule is S=S1C=CN=C1. The van der Waals surface area contributed by atoms with Crippen LogP contribution in [0.25, 0.3) is 0 Å². The molecule has 1 atom stereocenters. The smallest absolute Gasteiger partial charge is 0.0681 e. The van der Waals surface area contributed by atoms with Crippen LogP contribution in [0.3, 0.4) is 0 Å². The Morgan fingerprint density at radius 3 is 2.67 bits per heavy atom. The summed E-state index contributed by atoms with van der Waals surface area (Å²) in [6, 6.07) is 0. The van der Waals surface area contributed by atoms with E-state index in [-0.39, 0.29) is 9.45 Å². The van der Waals surface area contributed by atoms with Gasteiger partial charge in [-0.1, -0.05) is 9.45 Å². The second-order valence-corrected chi connectivity index (χ2v) is 3.16. The summed E-state index contributed by atoms with van der Waals surface area (Å²) in [5.41, 5.74) is 1.76. The lowest BCUT2D eigenvalue weighted by Crippen LogP contribution is -1.70. The molecule has 32 valence electrons. The van der Waals surface area contributed by atoms with Gasteiger partial charge in [-0.05, 0) is 16.6 Å². The zero-order chi connectivity index (χ0) is 4.41. The van der Waals surface area contributed by atoms with Crippen molar-refractivity contribution in [1.82, 2.24) is 0 Å². The Morgan fingerprint density at radius 2 is 2.50 bits per heavy atom. The van der Waals surface area contributed by atoms with Crippen LogP contribution in [-0.4, -0.2) is 5.55 Å². The van der Waals surface area contributed by atoms with Crippen molar-refractivity contribution in [2.75, 3.05) is 0 Å². The van der Waals surface area contributed by atoms with E-state index in [0.717, 1.165) is 0 Å². The molecular weight excluding hydrogens is 114 g/mol. The Bertz CT molecular complexity index is 111. The van der Waals surface area contributed by atoms with Gasteiger partial charge in [0.25, 0.3) is 0 Å². The van der Waals surface area contributed by atoms with Crippen LogP contribution in [0.2, 0.25) is 0 Å². The molecule has 1 unspecified atom stereocenters. The molecular formula is C3H3NS2. The van der Waals surface area contributed by atoms with Crippen LogP contribution < -0.4 is 0 Å². The number of nitrogens with zero attached hydrogens (tertiary/aromatic N) is 1. The molecule has 0 N–H and O–H groups in total. The van der Waals surface area contributed by atoms with E-state index in [9.17, 15) is 0 Å². The van der Waals surface area contributed by atoms with E-state index in [0.29, 0.717) is 0 Å². The molecule has 0 saturated carbocycles. The molecule has 0 amide bonds. The van der Waals surface area contributed by atoms with Gasteiger partial charge in [0.15, 0.2) is 0 Å². The quantitative estimate of drug-likeness (QED) is 0.452. The third-order valence-electron chi connectivity index (χ3n) is 0.446. The highest BCUT2D eigenvalue weighted by molar-refractivity contribution is 8.38.